The highest BCUT2D eigenvalue weighted by atomic mass is 16.4. The van der Waals surface area contributed by atoms with Gasteiger partial charge < -0.3 is 10.2 Å². The standard InChI is InChI=1S/C21H36O5/c1-7-14(6)18(23)17-19(24)15(10-8-12(2)3)21(26,20(17)25)16(22)11-9-13(4)5/h12-17,22,26H,7-11H2,1-6H3/t14?,15-,16+,17?,21-/m1/s1. The van der Waals surface area contributed by atoms with E-state index < -0.39 is 46.8 Å². The molecule has 5 nitrogen and oxygen atoms in total. The van der Waals surface area contributed by atoms with Gasteiger partial charge in [-0.3, -0.25) is 14.4 Å². The Morgan fingerprint density at radius 1 is 1.04 bits per heavy atom. The molecule has 26 heavy (non-hydrogen) atoms. The van der Waals surface area contributed by atoms with Crippen LogP contribution in [0.3, 0.4) is 0 Å². The van der Waals surface area contributed by atoms with Crippen LogP contribution in [0, 0.1) is 29.6 Å². The van der Waals surface area contributed by atoms with E-state index in [0.717, 1.165) is 0 Å². The van der Waals surface area contributed by atoms with Crippen molar-refractivity contribution in [2.24, 2.45) is 29.6 Å². The van der Waals surface area contributed by atoms with E-state index >= 15 is 0 Å². The van der Waals surface area contributed by atoms with Crippen molar-refractivity contribution in [1.29, 1.82) is 0 Å². The second-order valence-electron chi connectivity index (χ2n) is 8.75. The molecule has 1 saturated carbocycles. The van der Waals surface area contributed by atoms with Gasteiger partial charge in [0.1, 0.15) is 5.92 Å². The summed E-state index contributed by atoms with van der Waals surface area (Å²) in [7, 11) is 0. The molecule has 1 aliphatic rings. The Hall–Kier alpha value is -1.07. The monoisotopic (exact) mass is 368 g/mol. The Balaban J connectivity index is 3.21. The highest BCUT2D eigenvalue weighted by molar-refractivity contribution is 6.27. The second kappa shape index (κ2) is 9.23. The molecular formula is C21H36O5. The van der Waals surface area contributed by atoms with Crippen molar-refractivity contribution in [3.8, 4) is 0 Å². The number of rotatable bonds is 10. The predicted octanol–water partition coefficient (Wildman–Crippen LogP) is 2.95. The fourth-order valence-corrected chi connectivity index (χ4v) is 3.68. The average Bonchev–Trinajstić information content (AvgIpc) is 2.76. The molecule has 1 fully saturated rings. The van der Waals surface area contributed by atoms with Gasteiger partial charge in [0, 0.05) is 5.92 Å². The van der Waals surface area contributed by atoms with Crippen LogP contribution in [0.1, 0.15) is 73.6 Å². The third kappa shape index (κ3) is 4.61. The Kier molecular flexibility index (Phi) is 8.15. The zero-order valence-corrected chi connectivity index (χ0v) is 17.1. The molecular weight excluding hydrogens is 332 g/mol. The number of carbonyl (C=O) groups is 3. The molecule has 1 aliphatic carbocycles. The van der Waals surface area contributed by atoms with Crippen LogP contribution < -0.4 is 0 Å². The Bertz CT molecular complexity index is 524. The fraction of sp³-hybridized carbons (Fsp3) is 0.857. The van der Waals surface area contributed by atoms with Crippen molar-refractivity contribution >= 4 is 17.3 Å². The van der Waals surface area contributed by atoms with E-state index in [1.807, 2.05) is 34.6 Å². The summed E-state index contributed by atoms with van der Waals surface area (Å²) in [4.78, 5) is 38.5. The quantitative estimate of drug-likeness (QED) is 0.579. The molecule has 2 unspecified atom stereocenters. The minimum atomic E-state index is -2.14. The van der Waals surface area contributed by atoms with Crippen LogP contribution in [0.4, 0.5) is 0 Å². The zero-order valence-electron chi connectivity index (χ0n) is 17.1. The number of ketones is 3. The first-order valence-corrected chi connectivity index (χ1v) is 10.0. The van der Waals surface area contributed by atoms with Crippen molar-refractivity contribution in [3.05, 3.63) is 0 Å². The summed E-state index contributed by atoms with van der Waals surface area (Å²) in [5.41, 5.74) is -2.14. The molecule has 0 aliphatic heterocycles. The van der Waals surface area contributed by atoms with E-state index in [9.17, 15) is 24.6 Å². The van der Waals surface area contributed by atoms with E-state index in [-0.39, 0.29) is 6.42 Å². The average molecular weight is 369 g/mol. The predicted molar refractivity (Wildman–Crippen MR) is 101 cm³/mol. The molecule has 1 rings (SSSR count). The fourth-order valence-electron chi connectivity index (χ4n) is 3.68. The Labute approximate surface area is 157 Å². The topological polar surface area (TPSA) is 91.7 Å². The molecule has 150 valence electrons. The van der Waals surface area contributed by atoms with Crippen LogP contribution in [0.25, 0.3) is 0 Å². The number of aliphatic hydroxyl groups excluding tert-OH is 1. The van der Waals surface area contributed by atoms with Crippen LogP contribution in [0.2, 0.25) is 0 Å². The summed E-state index contributed by atoms with van der Waals surface area (Å²) in [6.45, 7) is 11.5. The smallest absolute Gasteiger partial charge is 0.185 e. The number of aliphatic hydroxyl groups is 2. The highest BCUT2D eigenvalue weighted by Crippen LogP contribution is 2.42. The van der Waals surface area contributed by atoms with Gasteiger partial charge in [-0.05, 0) is 37.5 Å². The minimum absolute atomic E-state index is 0.232. The van der Waals surface area contributed by atoms with Crippen LogP contribution in [0.5, 0.6) is 0 Å². The van der Waals surface area contributed by atoms with Gasteiger partial charge in [0.2, 0.25) is 0 Å². The largest absolute Gasteiger partial charge is 0.390 e. The second-order valence-corrected chi connectivity index (χ2v) is 8.75. The molecule has 0 saturated heterocycles. The van der Waals surface area contributed by atoms with Crippen molar-refractivity contribution in [2.75, 3.05) is 0 Å². The van der Waals surface area contributed by atoms with E-state index in [4.69, 9.17) is 0 Å². The van der Waals surface area contributed by atoms with Crippen LogP contribution >= 0.6 is 0 Å². The van der Waals surface area contributed by atoms with Gasteiger partial charge >= 0.3 is 0 Å². The Morgan fingerprint density at radius 2 is 1.58 bits per heavy atom. The van der Waals surface area contributed by atoms with Gasteiger partial charge in [0.05, 0.1) is 12.0 Å². The van der Waals surface area contributed by atoms with Crippen molar-refractivity contribution in [3.63, 3.8) is 0 Å². The minimum Gasteiger partial charge on any atom is -0.390 e. The molecule has 0 bridgehead atoms. The molecule has 0 aromatic rings. The summed E-state index contributed by atoms with van der Waals surface area (Å²) in [5.74, 6) is -3.99. The summed E-state index contributed by atoms with van der Waals surface area (Å²) >= 11 is 0. The van der Waals surface area contributed by atoms with Gasteiger partial charge in [-0.1, -0.05) is 48.0 Å². The number of carbonyl (C=O) groups excluding carboxylic acids is 3. The highest BCUT2D eigenvalue weighted by Gasteiger charge is 2.64. The van der Waals surface area contributed by atoms with Gasteiger partial charge in [0.25, 0.3) is 0 Å². The van der Waals surface area contributed by atoms with Gasteiger partial charge in [-0.2, -0.15) is 0 Å². The molecule has 0 heterocycles. The van der Waals surface area contributed by atoms with E-state index in [0.29, 0.717) is 37.5 Å². The summed E-state index contributed by atoms with van der Waals surface area (Å²) in [5, 5.41) is 21.8. The van der Waals surface area contributed by atoms with Gasteiger partial charge in [-0.25, -0.2) is 0 Å². The number of Topliss-reactive ketones (excluding diaryl/α,β-unsaturated/α-hetero) is 3. The van der Waals surface area contributed by atoms with Crippen molar-refractivity contribution in [2.45, 2.75) is 85.4 Å². The molecule has 5 heteroatoms. The maximum Gasteiger partial charge on any atom is 0.185 e. The first kappa shape index (κ1) is 23.0. The van der Waals surface area contributed by atoms with E-state index in [1.165, 1.54) is 0 Å². The van der Waals surface area contributed by atoms with Crippen LogP contribution in [-0.2, 0) is 14.4 Å². The molecule has 2 N–H and O–H groups in total. The Morgan fingerprint density at radius 3 is 2.04 bits per heavy atom. The molecule has 5 atom stereocenters. The van der Waals surface area contributed by atoms with E-state index in [1.54, 1.807) is 6.92 Å². The molecule has 0 spiro atoms. The zero-order chi connectivity index (χ0) is 20.2. The van der Waals surface area contributed by atoms with Crippen LogP contribution in [0.15, 0.2) is 0 Å². The lowest BCUT2D eigenvalue weighted by Gasteiger charge is -2.33. The normalized spacial score (nSPS) is 28.8. The summed E-state index contributed by atoms with van der Waals surface area (Å²) < 4.78 is 0. The van der Waals surface area contributed by atoms with Crippen LogP contribution in [-0.4, -0.2) is 39.3 Å². The van der Waals surface area contributed by atoms with Gasteiger partial charge in [-0.15, -0.1) is 0 Å². The van der Waals surface area contributed by atoms with Crippen molar-refractivity contribution in [1.82, 2.24) is 0 Å². The van der Waals surface area contributed by atoms with E-state index in [2.05, 4.69) is 0 Å². The molecule has 0 amide bonds. The lowest BCUT2D eigenvalue weighted by molar-refractivity contribution is -0.158. The molecule has 0 aromatic carbocycles. The maximum absolute atomic E-state index is 13.0. The SMILES string of the molecule is CCC(C)C(=O)C1C(=O)[C@@H](CCC(C)C)[C@@](O)([C@@H](O)CCC(C)C)C1=O. The first-order valence-electron chi connectivity index (χ1n) is 10.0. The number of hydrogen-bond acceptors (Lipinski definition) is 5. The maximum atomic E-state index is 13.0. The summed E-state index contributed by atoms with van der Waals surface area (Å²) in [6, 6.07) is 0. The summed E-state index contributed by atoms with van der Waals surface area (Å²) in [6.07, 6.45) is 1.02. The first-order chi connectivity index (χ1) is 12.0. The van der Waals surface area contributed by atoms with Gasteiger partial charge in [0.15, 0.2) is 23.0 Å². The lowest BCUT2D eigenvalue weighted by atomic mass is 9.78. The third-order valence-corrected chi connectivity index (χ3v) is 5.76. The van der Waals surface area contributed by atoms with Crippen molar-refractivity contribution < 1.29 is 24.6 Å². The molecule has 0 aromatic heterocycles. The lowest BCUT2D eigenvalue weighted by Crippen LogP contribution is -2.53. The third-order valence-electron chi connectivity index (χ3n) is 5.76. The molecule has 0 radical (unpaired) electrons. The number of hydrogen-bond donors (Lipinski definition) is 2.